The SMILES string of the molecule is O=S(=O)(C=Cc1ccc(F)cc1)Nc1ccc(Cl)cc1. The Labute approximate surface area is 121 Å². The topological polar surface area (TPSA) is 46.2 Å². The molecule has 0 unspecified atom stereocenters. The van der Waals surface area contributed by atoms with E-state index in [4.69, 9.17) is 11.6 Å². The van der Waals surface area contributed by atoms with Crippen molar-refractivity contribution < 1.29 is 12.8 Å². The maximum absolute atomic E-state index is 12.7. The molecule has 0 aliphatic heterocycles. The Kier molecular flexibility index (Phi) is 4.42. The second-order valence-electron chi connectivity index (χ2n) is 4.01. The van der Waals surface area contributed by atoms with Gasteiger partial charge in [0.1, 0.15) is 5.82 Å². The van der Waals surface area contributed by atoms with E-state index in [0.717, 1.165) is 5.41 Å². The highest BCUT2D eigenvalue weighted by Gasteiger charge is 2.05. The van der Waals surface area contributed by atoms with E-state index in [9.17, 15) is 12.8 Å². The normalized spacial score (nSPS) is 11.7. The van der Waals surface area contributed by atoms with Crippen molar-refractivity contribution in [2.45, 2.75) is 0 Å². The van der Waals surface area contributed by atoms with E-state index in [1.165, 1.54) is 30.3 Å². The van der Waals surface area contributed by atoms with Crippen LogP contribution in [-0.4, -0.2) is 8.42 Å². The Balaban J connectivity index is 2.11. The fourth-order valence-corrected chi connectivity index (χ4v) is 2.45. The summed E-state index contributed by atoms with van der Waals surface area (Å²) in [6.45, 7) is 0. The zero-order valence-electron chi connectivity index (χ0n) is 10.3. The average Bonchev–Trinajstić information content (AvgIpc) is 2.41. The van der Waals surface area contributed by atoms with Gasteiger partial charge in [-0.1, -0.05) is 23.7 Å². The smallest absolute Gasteiger partial charge is 0.255 e. The summed E-state index contributed by atoms with van der Waals surface area (Å²) < 4.78 is 38.7. The molecule has 0 spiro atoms. The van der Waals surface area contributed by atoms with Crippen molar-refractivity contribution in [3.63, 3.8) is 0 Å². The standard InChI is InChI=1S/C14H11ClFNO2S/c15-12-3-7-14(8-4-12)17-20(18,19)10-9-11-1-5-13(16)6-2-11/h1-10,17H. The van der Waals surface area contributed by atoms with Gasteiger partial charge in [-0.3, -0.25) is 4.72 Å². The number of hydrogen-bond acceptors (Lipinski definition) is 2. The molecule has 0 fully saturated rings. The average molecular weight is 312 g/mol. The highest BCUT2D eigenvalue weighted by Crippen LogP contribution is 2.15. The van der Waals surface area contributed by atoms with Gasteiger partial charge in [0.05, 0.1) is 5.41 Å². The number of halogens is 2. The van der Waals surface area contributed by atoms with Crippen molar-refractivity contribution in [2.24, 2.45) is 0 Å². The van der Waals surface area contributed by atoms with Crippen molar-refractivity contribution in [2.75, 3.05) is 4.72 Å². The Morgan fingerprint density at radius 2 is 1.60 bits per heavy atom. The molecule has 6 heteroatoms. The van der Waals surface area contributed by atoms with Crippen molar-refractivity contribution in [3.05, 3.63) is 70.3 Å². The molecule has 2 aromatic carbocycles. The van der Waals surface area contributed by atoms with Crippen LogP contribution in [0.4, 0.5) is 10.1 Å². The lowest BCUT2D eigenvalue weighted by Crippen LogP contribution is -2.08. The third-order valence-corrected chi connectivity index (χ3v) is 3.68. The Morgan fingerprint density at radius 1 is 1.00 bits per heavy atom. The van der Waals surface area contributed by atoms with Crippen molar-refractivity contribution >= 4 is 33.4 Å². The lowest BCUT2D eigenvalue weighted by atomic mass is 10.2. The molecule has 0 atom stereocenters. The molecule has 2 aromatic rings. The molecule has 0 saturated carbocycles. The van der Waals surface area contributed by atoms with Crippen LogP contribution in [0.5, 0.6) is 0 Å². The van der Waals surface area contributed by atoms with Crippen LogP contribution < -0.4 is 4.72 Å². The van der Waals surface area contributed by atoms with E-state index in [2.05, 4.69) is 4.72 Å². The lowest BCUT2D eigenvalue weighted by Gasteiger charge is -2.04. The minimum atomic E-state index is -3.62. The molecule has 1 N–H and O–H groups in total. The number of benzene rings is 2. The first kappa shape index (κ1) is 14.6. The zero-order valence-corrected chi connectivity index (χ0v) is 11.8. The molecule has 20 heavy (non-hydrogen) atoms. The van der Waals surface area contributed by atoms with Gasteiger partial charge < -0.3 is 0 Å². The molecule has 0 aliphatic rings. The van der Waals surface area contributed by atoms with Gasteiger partial charge in [0.25, 0.3) is 10.0 Å². The molecule has 3 nitrogen and oxygen atoms in total. The number of anilines is 1. The second kappa shape index (κ2) is 6.07. The third kappa shape index (κ3) is 4.36. The summed E-state index contributed by atoms with van der Waals surface area (Å²) in [7, 11) is -3.62. The van der Waals surface area contributed by atoms with Crippen LogP contribution >= 0.6 is 11.6 Å². The number of sulfonamides is 1. The number of hydrogen-bond donors (Lipinski definition) is 1. The van der Waals surface area contributed by atoms with Crippen LogP contribution in [0.2, 0.25) is 5.02 Å². The maximum atomic E-state index is 12.7. The molecule has 0 amide bonds. The molecule has 0 bridgehead atoms. The Bertz CT molecular complexity index is 710. The summed E-state index contributed by atoms with van der Waals surface area (Å²) in [5.41, 5.74) is 1.01. The van der Waals surface area contributed by atoms with E-state index in [1.807, 2.05) is 0 Å². The third-order valence-electron chi connectivity index (χ3n) is 2.41. The number of rotatable bonds is 4. The molecule has 0 aromatic heterocycles. The van der Waals surface area contributed by atoms with Gasteiger partial charge in [0.2, 0.25) is 0 Å². The quantitative estimate of drug-likeness (QED) is 0.931. The number of nitrogens with one attached hydrogen (secondary N) is 1. The van der Waals surface area contributed by atoms with Crippen LogP contribution in [0.25, 0.3) is 6.08 Å². The maximum Gasteiger partial charge on any atom is 0.255 e. The van der Waals surface area contributed by atoms with Crippen molar-refractivity contribution in [1.82, 2.24) is 0 Å². The van der Waals surface area contributed by atoms with Gasteiger partial charge in [-0.15, -0.1) is 0 Å². The van der Waals surface area contributed by atoms with E-state index in [1.54, 1.807) is 24.3 Å². The van der Waals surface area contributed by atoms with Crippen LogP contribution in [0.3, 0.4) is 0 Å². The van der Waals surface area contributed by atoms with Gasteiger partial charge >= 0.3 is 0 Å². The first-order chi connectivity index (χ1) is 9.44. The van der Waals surface area contributed by atoms with Gasteiger partial charge in [-0.25, -0.2) is 12.8 Å². The Morgan fingerprint density at radius 3 is 2.20 bits per heavy atom. The van der Waals surface area contributed by atoms with Crippen LogP contribution in [0.1, 0.15) is 5.56 Å². The molecule has 0 saturated heterocycles. The molecule has 2 rings (SSSR count). The van der Waals surface area contributed by atoms with Gasteiger partial charge in [0.15, 0.2) is 0 Å². The van der Waals surface area contributed by atoms with Crippen molar-refractivity contribution in [3.8, 4) is 0 Å². The lowest BCUT2D eigenvalue weighted by molar-refractivity contribution is 0.609. The highest BCUT2D eigenvalue weighted by molar-refractivity contribution is 7.95. The summed E-state index contributed by atoms with van der Waals surface area (Å²) >= 11 is 5.72. The van der Waals surface area contributed by atoms with Gasteiger partial charge in [0, 0.05) is 10.7 Å². The largest absolute Gasteiger partial charge is 0.280 e. The van der Waals surface area contributed by atoms with Crippen LogP contribution in [0, 0.1) is 5.82 Å². The summed E-state index contributed by atoms with van der Waals surface area (Å²) in [5.74, 6) is -0.371. The van der Waals surface area contributed by atoms with Gasteiger partial charge in [-0.05, 0) is 48.0 Å². The summed E-state index contributed by atoms with van der Waals surface area (Å²) in [5, 5.41) is 1.55. The van der Waals surface area contributed by atoms with Gasteiger partial charge in [-0.2, -0.15) is 0 Å². The molecule has 0 radical (unpaired) electrons. The molecular formula is C14H11ClFNO2S. The minimum Gasteiger partial charge on any atom is -0.280 e. The predicted molar refractivity (Wildman–Crippen MR) is 79.4 cm³/mol. The molecule has 104 valence electrons. The molecule has 0 heterocycles. The first-order valence-corrected chi connectivity index (χ1v) is 7.59. The zero-order chi connectivity index (χ0) is 14.6. The van der Waals surface area contributed by atoms with E-state index in [0.29, 0.717) is 16.3 Å². The molecular weight excluding hydrogens is 301 g/mol. The minimum absolute atomic E-state index is 0.371. The summed E-state index contributed by atoms with van der Waals surface area (Å²) in [4.78, 5) is 0. The fourth-order valence-electron chi connectivity index (χ4n) is 1.46. The van der Waals surface area contributed by atoms with E-state index in [-0.39, 0.29) is 5.82 Å². The van der Waals surface area contributed by atoms with E-state index >= 15 is 0 Å². The second-order valence-corrected chi connectivity index (χ2v) is 6.01. The molecule has 0 aliphatic carbocycles. The summed E-state index contributed by atoms with van der Waals surface area (Å²) in [6, 6.07) is 11.8. The van der Waals surface area contributed by atoms with Crippen molar-refractivity contribution in [1.29, 1.82) is 0 Å². The fraction of sp³-hybridized carbons (Fsp3) is 0. The summed E-state index contributed by atoms with van der Waals surface area (Å²) in [6.07, 6.45) is 1.39. The van der Waals surface area contributed by atoms with Crippen LogP contribution in [-0.2, 0) is 10.0 Å². The first-order valence-electron chi connectivity index (χ1n) is 5.67. The Hall–Kier alpha value is -1.85. The highest BCUT2D eigenvalue weighted by atomic mass is 35.5. The monoisotopic (exact) mass is 311 g/mol. The van der Waals surface area contributed by atoms with E-state index < -0.39 is 10.0 Å². The van der Waals surface area contributed by atoms with Crippen LogP contribution in [0.15, 0.2) is 53.9 Å². The predicted octanol–water partition coefficient (Wildman–Crippen LogP) is 3.89.